The summed E-state index contributed by atoms with van der Waals surface area (Å²) in [5.41, 5.74) is -0.641. The van der Waals surface area contributed by atoms with Gasteiger partial charge in [0.1, 0.15) is 17.2 Å². The number of hydrogen-bond acceptors (Lipinski definition) is 4. The Bertz CT molecular complexity index is 470. The number of ether oxygens (including phenoxy) is 2. The maximum atomic E-state index is 13.4. The topological polar surface area (TPSA) is 47.6 Å². The molecule has 19 heavy (non-hydrogen) atoms. The Morgan fingerprint density at radius 1 is 1.32 bits per heavy atom. The van der Waals surface area contributed by atoms with Crippen LogP contribution in [0, 0.1) is 5.82 Å². The van der Waals surface area contributed by atoms with Gasteiger partial charge in [0.25, 0.3) is 0 Å². The molecule has 1 aliphatic heterocycles. The van der Waals surface area contributed by atoms with E-state index in [0.29, 0.717) is 31.7 Å². The van der Waals surface area contributed by atoms with Crippen LogP contribution in [0.25, 0.3) is 0 Å². The van der Waals surface area contributed by atoms with Crippen molar-refractivity contribution >= 4 is 5.78 Å². The molecule has 0 bridgehead atoms. The molecule has 4 nitrogen and oxygen atoms in total. The number of halogens is 1. The maximum Gasteiger partial charge on any atom is 0.198 e. The van der Waals surface area contributed by atoms with Gasteiger partial charge in [-0.25, -0.2) is 4.39 Å². The van der Waals surface area contributed by atoms with Crippen LogP contribution in [-0.4, -0.2) is 38.7 Å². The summed E-state index contributed by atoms with van der Waals surface area (Å²) < 4.78 is 24.0. The smallest absolute Gasteiger partial charge is 0.198 e. The lowest BCUT2D eigenvalue weighted by atomic mass is 9.84. The number of hydrogen-bond donors (Lipinski definition) is 1. The summed E-state index contributed by atoms with van der Waals surface area (Å²) >= 11 is 0. The van der Waals surface area contributed by atoms with Crippen LogP contribution in [-0.2, 0) is 4.74 Å². The number of piperidine rings is 1. The minimum atomic E-state index is -0.883. The number of benzene rings is 1. The van der Waals surface area contributed by atoms with Crippen molar-refractivity contribution in [2.24, 2.45) is 0 Å². The number of nitrogens with one attached hydrogen (secondary N) is 1. The zero-order valence-electron chi connectivity index (χ0n) is 11.2. The minimum Gasteiger partial charge on any atom is -0.496 e. The Hall–Kier alpha value is -1.46. The van der Waals surface area contributed by atoms with E-state index >= 15 is 0 Å². The number of methoxy groups -OCH3 is 2. The van der Waals surface area contributed by atoms with Gasteiger partial charge in [-0.3, -0.25) is 4.79 Å². The van der Waals surface area contributed by atoms with Crippen LogP contribution in [0.1, 0.15) is 23.2 Å². The third kappa shape index (κ3) is 2.62. The van der Waals surface area contributed by atoms with E-state index in [4.69, 9.17) is 9.47 Å². The number of Topliss-reactive ketones (excluding diaryl/α,β-unsaturated/α-hetero) is 1. The Balaban J connectivity index is 2.39. The summed E-state index contributed by atoms with van der Waals surface area (Å²) in [5, 5.41) is 3.18. The minimum absolute atomic E-state index is 0.215. The van der Waals surface area contributed by atoms with Crippen molar-refractivity contribution in [3.8, 4) is 5.75 Å². The fourth-order valence-corrected chi connectivity index (χ4v) is 2.46. The molecule has 5 heteroatoms. The molecule has 0 aliphatic carbocycles. The van der Waals surface area contributed by atoms with E-state index in [1.165, 1.54) is 32.4 Å². The Labute approximate surface area is 111 Å². The van der Waals surface area contributed by atoms with E-state index in [1.54, 1.807) is 0 Å². The molecule has 1 aliphatic rings. The molecule has 2 rings (SSSR count). The molecule has 0 spiro atoms. The summed E-state index contributed by atoms with van der Waals surface area (Å²) in [7, 11) is 2.99. The average molecular weight is 267 g/mol. The fraction of sp³-hybridized carbons (Fsp3) is 0.500. The molecular formula is C14H18FNO3. The van der Waals surface area contributed by atoms with Crippen molar-refractivity contribution in [2.75, 3.05) is 27.3 Å². The molecule has 0 atom stereocenters. The van der Waals surface area contributed by atoms with Crippen molar-refractivity contribution in [3.63, 3.8) is 0 Å². The van der Waals surface area contributed by atoms with Gasteiger partial charge in [0, 0.05) is 7.11 Å². The maximum absolute atomic E-state index is 13.4. The van der Waals surface area contributed by atoms with Gasteiger partial charge in [0.05, 0.1) is 12.7 Å². The number of rotatable bonds is 4. The molecule has 1 fully saturated rings. The molecule has 0 radical (unpaired) electrons. The van der Waals surface area contributed by atoms with Crippen molar-refractivity contribution in [2.45, 2.75) is 18.4 Å². The van der Waals surface area contributed by atoms with Gasteiger partial charge in [-0.05, 0) is 44.1 Å². The van der Waals surface area contributed by atoms with Gasteiger partial charge in [-0.2, -0.15) is 0 Å². The summed E-state index contributed by atoms with van der Waals surface area (Å²) in [5.74, 6) is -0.293. The first-order valence-corrected chi connectivity index (χ1v) is 6.27. The molecule has 0 amide bonds. The lowest BCUT2D eigenvalue weighted by Crippen LogP contribution is -2.49. The normalized spacial score (nSPS) is 18.1. The monoisotopic (exact) mass is 267 g/mol. The third-order valence-corrected chi connectivity index (χ3v) is 3.62. The van der Waals surface area contributed by atoms with Crippen LogP contribution >= 0.6 is 0 Å². The average Bonchev–Trinajstić information content (AvgIpc) is 2.47. The van der Waals surface area contributed by atoms with E-state index in [-0.39, 0.29) is 11.3 Å². The Kier molecular flexibility index (Phi) is 4.17. The van der Waals surface area contributed by atoms with E-state index in [2.05, 4.69) is 5.32 Å². The molecular weight excluding hydrogens is 249 g/mol. The molecule has 1 saturated heterocycles. The zero-order valence-corrected chi connectivity index (χ0v) is 11.2. The molecule has 1 aromatic carbocycles. The molecule has 0 unspecified atom stereocenters. The SMILES string of the molecule is COc1ccc(F)cc1C(=O)C1(OC)CCNCC1. The van der Waals surface area contributed by atoms with Crippen LogP contribution in [0.5, 0.6) is 5.75 Å². The van der Waals surface area contributed by atoms with E-state index in [9.17, 15) is 9.18 Å². The summed E-state index contributed by atoms with van der Waals surface area (Å²) in [6, 6.07) is 3.95. The number of ketones is 1. The highest BCUT2D eigenvalue weighted by Gasteiger charge is 2.41. The molecule has 1 aromatic rings. The molecule has 1 heterocycles. The Morgan fingerprint density at radius 3 is 2.58 bits per heavy atom. The largest absolute Gasteiger partial charge is 0.496 e. The summed E-state index contributed by atoms with van der Waals surface area (Å²) in [4.78, 5) is 12.7. The molecule has 0 aromatic heterocycles. The van der Waals surface area contributed by atoms with E-state index in [0.717, 1.165) is 0 Å². The molecule has 104 valence electrons. The first-order chi connectivity index (χ1) is 9.13. The fourth-order valence-electron chi connectivity index (χ4n) is 2.46. The van der Waals surface area contributed by atoms with Crippen LogP contribution < -0.4 is 10.1 Å². The van der Waals surface area contributed by atoms with Gasteiger partial charge in [0.15, 0.2) is 5.78 Å². The lowest BCUT2D eigenvalue weighted by Gasteiger charge is -2.35. The van der Waals surface area contributed by atoms with Gasteiger partial charge < -0.3 is 14.8 Å². The van der Waals surface area contributed by atoms with Crippen molar-refractivity contribution in [1.29, 1.82) is 0 Å². The van der Waals surface area contributed by atoms with Gasteiger partial charge in [-0.1, -0.05) is 0 Å². The summed E-state index contributed by atoms with van der Waals surface area (Å²) in [6.45, 7) is 1.41. The predicted molar refractivity (Wildman–Crippen MR) is 69.1 cm³/mol. The molecule has 0 saturated carbocycles. The second-order valence-corrected chi connectivity index (χ2v) is 4.62. The second-order valence-electron chi connectivity index (χ2n) is 4.62. The van der Waals surface area contributed by atoms with Crippen LogP contribution in [0.15, 0.2) is 18.2 Å². The highest BCUT2D eigenvalue weighted by Crippen LogP contribution is 2.31. The predicted octanol–water partition coefficient (Wildman–Crippen LogP) is 1.79. The number of carbonyl (C=O) groups excluding carboxylic acids is 1. The summed E-state index contributed by atoms with van der Waals surface area (Å²) in [6.07, 6.45) is 1.14. The highest BCUT2D eigenvalue weighted by molar-refractivity contribution is 6.04. The first-order valence-electron chi connectivity index (χ1n) is 6.27. The van der Waals surface area contributed by atoms with E-state index in [1.807, 2.05) is 0 Å². The van der Waals surface area contributed by atoms with Crippen molar-refractivity contribution in [1.82, 2.24) is 5.32 Å². The van der Waals surface area contributed by atoms with Crippen LogP contribution in [0.4, 0.5) is 4.39 Å². The first kappa shape index (κ1) is 14.0. The Morgan fingerprint density at radius 2 is 2.00 bits per heavy atom. The van der Waals surface area contributed by atoms with E-state index < -0.39 is 11.4 Å². The van der Waals surface area contributed by atoms with Crippen LogP contribution in [0.3, 0.4) is 0 Å². The standard InChI is InChI=1S/C14H18FNO3/c1-18-12-4-3-10(15)9-11(12)13(17)14(19-2)5-7-16-8-6-14/h3-4,9,16H,5-8H2,1-2H3. The van der Waals surface area contributed by atoms with Gasteiger partial charge >= 0.3 is 0 Å². The van der Waals surface area contributed by atoms with Crippen molar-refractivity contribution < 1.29 is 18.7 Å². The van der Waals surface area contributed by atoms with Gasteiger partial charge in [-0.15, -0.1) is 0 Å². The quantitative estimate of drug-likeness (QED) is 0.845. The lowest BCUT2D eigenvalue weighted by molar-refractivity contribution is -0.0156. The zero-order chi connectivity index (χ0) is 13.9. The third-order valence-electron chi connectivity index (χ3n) is 3.62. The molecule has 1 N–H and O–H groups in total. The number of carbonyl (C=O) groups is 1. The second kappa shape index (κ2) is 5.67. The van der Waals surface area contributed by atoms with Crippen LogP contribution in [0.2, 0.25) is 0 Å². The van der Waals surface area contributed by atoms with Gasteiger partial charge in [0.2, 0.25) is 0 Å². The van der Waals surface area contributed by atoms with Crippen molar-refractivity contribution in [3.05, 3.63) is 29.6 Å². The highest BCUT2D eigenvalue weighted by atomic mass is 19.1.